The van der Waals surface area contributed by atoms with Crippen LogP contribution < -0.4 is 0 Å². The quantitative estimate of drug-likeness (QED) is 0.206. The number of fused-ring (bicyclic) bond motifs is 1. The third-order valence-corrected chi connectivity index (χ3v) is 8.26. The van der Waals surface area contributed by atoms with Gasteiger partial charge in [-0.15, -0.1) is 16.4 Å². The van der Waals surface area contributed by atoms with Gasteiger partial charge in [-0.2, -0.15) is 0 Å². The second-order valence-corrected chi connectivity index (χ2v) is 9.63. The van der Waals surface area contributed by atoms with Crippen LogP contribution in [0.2, 0.25) is 0 Å². The number of nitrogens with zero attached hydrogens (tertiary/aromatic N) is 4. The first kappa shape index (κ1) is 20.6. The molecule has 0 atom stereocenters. The molecule has 148 valence electrons. The Labute approximate surface area is 195 Å². The fraction of sp³-hybridized carbons (Fsp3) is 0.158. The first-order valence-corrected chi connectivity index (χ1v) is 11.8. The maximum atomic E-state index is 11.9. The minimum absolute atomic E-state index is 0.331. The minimum atomic E-state index is -0.331. The number of ether oxygens (including phenoxy) is 1. The van der Waals surface area contributed by atoms with Crippen molar-refractivity contribution in [3.05, 3.63) is 61.1 Å². The summed E-state index contributed by atoms with van der Waals surface area (Å²) < 4.78 is 10.6. The van der Waals surface area contributed by atoms with Crippen molar-refractivity contribution in [2.75, 3.05) is 6.61 Å². The van der Waals surface area contributed by atoms with Crippen LogP contribution in [0.15, 0.2) is 49.9 Å². The minimum Gasteiger partial charge on any atom is -0.462 e. The maximum Gasteiger partial charge on any atom is 0.338 e. The zero-order valence-corrected chi connectivity index (χ0v) is 20.6. The number of hydrogen-bond acceptors (Lipinski definition) is 6. The van der Waals surface area contributed by atoms with Crippen molar-refractivity contribution in [3.8, 4) is 10.7 Å². The molecule has 0 fully saturated rings. The van der Waals surface area contributed by atoms with E-state index in [1.165, 1.54) is 11.3 Å². The monoisotopic (exact) mass is 598 g/mol. The van der Waals surface area contributed by atoms with Crippen molar-refractivity contribution >= 4 is 75.3 Å². The van der Waals surface area contributed by atoms with Crippen LogP contribution in [0.5, 0.6) is 0 Å². The molecule has 0 radical (unpaired) electrons. The molecule has 2 aromatic heterocycles. The smallest absolute Gasteiger partial charge is 0.338 e. The lowest BCUT2D eigenvalue weighted by Gasteiger charge is -2.05. The van der Waals surface area contributed by atoms with Gasteiger partial charge in [-0.25, -0.2) is 14.5 Å². The van der Waals surface area contributed by atoms with Crippen LogP contribution in [-0.4, -0.2) is 32.6 Å². The molecule has 0 unspecified atom stereocenters. The predicted molar refractivity (Wildman–Crippen MR) is 123 cm³/mol. The highest BCUT2D eigenvalue weighted by molar-refractivity contribution is 9.14. The van der Waals surface area contributed by atoms with E-state index in [-0.39, 0.29) is 5.97 Å². The summed E-state index contributed by atoms with van der Waals surface area (Å²) in [5, 5.41) is 9.25. The summed E-state index contributed by atoms with van der Waals surface area (Å²) in [6.07, 6.45) is 1.87. The molecule has 29 heavy (non-hydrogen) atoms. The fourth-order valence-corrected chi connectivity index (χ4v) is 5.20. The number of esters is 1. The van der Waals surface area contributed by atoms with E-state index in [1.54, 1.807) is 23.7 Å². The second kappa shape index (κ2) is 8.63. The molecule has 0 N–H and O–H groups in total. The zero-order chi connectivity index (χ0) is 20.5. The fourth-order valence-electron chi connectivity index (χ4n) is 2.74. The molecule has 10 heteroatoms. The van der Waals surface area contributed by atoms with Crippen LogP contribution in [0, 0.1) is 0 Å². The summed E-state index contributed by atoms with van der Waals surface area (Å²) in [6.45, 7) is 2.71. The van der Waals surface area contributed by atoms with Gasteiger partial charge in [-0.1, -0.05) is 5.21 Å². The number of rotatable bonds is 5. The average molecular weight is 601 g/mol. The maximum absolute atomic E-state index is 11.9. The van der Waals surface area contributed by atoms with Crippen molar-refractivity contribution < 1.29 is 9.53 Å². The van der Waals surface area contributed by atoms with E-state index in [1.807, 2.05) is 24.4 Å². The third-order valence-electron chi connectivity index (χ3n) is 4.05. The first-order chi connectivity index (χ1) is 13.9. The first-order valence-electron chi connectivity index (χ1n) is 8.56. The number of halogens is 3. The normalized spacial score (nSPS) is 11.2. The number of benzene rings is 2. The van der Waals surface area contributed by atoms with E-state index < -0.39 is 0 Å². The molecular formula is C19H13Br3N4O2S. The highest BCUT2D eigenvalue weighted by Crippen LogP contribution is 2.33. The molecule has 4 rings (SSSR count). The van der Waals surface area contributed by atoms with Crippen molar-refractivity contribution in [1.29, 1.82) is 0 Å². The Morgan fingerprint density at radius 1 is 1.17 bits per heavy atom. The lowest BCUT2D eigenvalue weighted by molar-refractivity contribution is 0.0526. The number of carbonyl (C=O) groups is 1. The summed E-state index contributed by atoms with van der Waals surface area (Å²) in [5.41, 5.74) is 3.10. The van der Waals surface area contributed by atoms with Crippen molar-refractivity contribution in [3.63, 3.8) is 0 Å². The van der Waals surface area contributed by atoms with E-state index in [0.717, 1.165) is 34.2 Å². The molecule has 0 bridgehead atoms. The molecule has 4 aromatic rings. The van der Waals surface area contributed by atoms with Gasteiger partial charge in [-0.3, -0.25) is 0 Å². The lowest BCUT2D eigenvalue weighted by Crippen LogP contribution is -2.03. The molecule has 0 aliphatic heterocycles. The van der Waals surface area contributed by atoms with Crippen LogP contribution in [0.4, 0.5) is 0 Å². The van der Waals surface area contributed by atoms with Gasteiger partial charge in [0.1, 0.15) is 10.7 Å². The third kappa shape index (κ3) is 4.45. The SMILES string of the molecule is CCOC(=O)c1ccc2nc(-c3cn(Cc4cc(Br)c(Br)c(Br)c4)nn3)sc2c1. The summed E-state index contributed by atoms with van der Waals surface area (Å²) >= 11 is 12.0. The molecule has 2 aromatic carbocycles. The van der Waals surface area contributed by atoms with Gasteiger partial charge in [0.15, 0.2) is 0 Å². The standard InChI is InChI=1S/C19H13Br3N4O2S/c1-2-28-19(27)11-3-4-14-16(7-11)29-18(23-14)15-9-26(25-24-15)8-10-5-12(20)17(22)13(21)6-10/h3-7,9H,2,8H2,1H3. The highest BCUT2D eigenvalue weighted by Gasteiger charge is 2.14. The van der Waals surface area contributed by atoms with E-state index in [2.05, 4.69) is 63.1 Å². The molecule has 0 saturated heterocycles. The van der Waals surface area contributed by atoms with Crippen LogP contribution in [-0.2, 0) is 11.3 Å². The lowest BCUT2D eigenvalue weighted by atomic mass is 10.2. The predicted octanol–water partition coefficient (Wildman–Crippen LogP) is 6.07. The summed E-state index contributed by atoms with van der Waals surface area (Å²) in [6, 6.07) is 9.41. The number of thiazole rings is 1. The molecule has 6 nitrogen and oxygen atoms in total. The Kier molecular flexibility index (Phi) is 6.14. The summed E-state index contributed by atoms with van der Waals surface area (Å²) in [7, 11) is 0. The molecule has 0 saturated carbocycles. The van der Waals surface area contributed by atoms with E-state index in [0.29, 0.717) is 24.4 Å². The Bertz CT molecular complexity index is 1200. The van der Waals surface area contributed by atoms with Crippen molar-refractivity contribution in [2.24, 2.45) is 0 Å². The Balaban J connectivity index is 1.59. The van der Waals surface area contributed by atoms with E-state index in [4.69, 9.17) is 4.74 Å². The average Bonchev–Trinajstić information content (AvgIpc) is 3.32. The Hall–Kier alpha value is -1.62. The molecule has 0 aliphatic rings. The van der Waals surface area contributed by atoms with Crippen LogP contribution in [0.25, 0.3) is 20.9 Å². The van der Waals surface area contributed by atoms with Gasteiger partial charge in [0.2, 0.25) is 0 Å². The largest absolute Gasteiger partial charge is 0.462 e. The Morgan fingerprint density at radius 3 is 2.66 bits per heavy atom. The number of aromatic nitrogens is 4. The van der Waals surface area contributed by atoms with Gasteiger partial charge in [0.25, 0.3) is 0 Å². The van der Waals surface area contributed by atoms with Gasteiger partial charge < -0.3 is 4.74 Å². The molecule has 0 aliphatic carbocycles. The molecular weight excluding hydrogens is 588 g/mol. The van der Waals surface area contributed by atoms with Gasteiger partial charge >= 0.3 is 5.97 Å². The zero-order valence-electron chi connectivity index (χ0n) is 15.0. The summed E-state index contributed by atoms with van der Waals surface area (Å²) in [4.78, 5) is 16.6. The van der Waals surface area contributed by atoms with Gasteiger partial charge in [0.05, 0.1) is 35.1 Å². The molecule has 0 amide bonds. The summed E-state index contributed by atoms with van der Waals surface area (Å²) in [5.74, 6) is -0.331. The molecule has 0 spiro atoms. The van der Waals surface area contributed by atoms with Gasteiger partial charge in [0, 0.05) is 13.4 Å². The van der Waals surface area contributed by atoms with E-state index >= 15 is 0 Å². The van der Waals surface area contributed by atoms with Crippen LogP contribution in [0.3, 0.4) is 0 Å². The Morgan fingerprint density at radius 2 is 1.93 bits per heavy atom. The van der Waals surface area contributed by atoms with E-state index in [9.17, 15) is 4.79 Å². The number of hydrogen-bond donors (Lipinski definition) is 0. The highest BCUT2D eigenvalue weighted by atomic mass is 79.9. The van der Waals surface area contributed by atoms with Crippen molar-refractivity contribution in [1.82, 2.24) is 20.0 Å². The van der Waals surface area contributed by atoms with Gasteiger partial charge in [-0.05, 0) is 90.6 Å². The van der Waals surface area contributed by atoms with Crippen LogP contribution in [0.1, 0.15) is 22.8 Å². The number of carbonyl (C=O) groups excluding carboxylic acids is 1. The second-order valence-electron chi connectivity index (χ2n) is 6.10. The van der Waals surface area contributed by atoms with Crippen molar-refractivity contribution in [2.45, 2.75) is 13.5 Å². The van der Waals surface area contributed by atoms with Crippen LogP contribution >= 0.6 is 59.1 Å². The topological polar surface area (TPSA) is 69.9 Å². The molecule has 2 heterocycles.